The van der Waals surface area contributed by atoms with Crippen LogP contribution in [0.2, 0.25) is 0 Å². The van der Waals surface area contributed by atoms with Crippen molar-refractivity contribution < 1.29 is 0 Å². The Morgan fingerprint density at radius 3 is 2.86 bits per heavy atom. The first-order chi connectivity index (χ1) is 10.3. The van der Waals surface area contributed by atoms with Crippen LogP contribution in [0.15, 0.2) is 54.7 Å². The van der Waals surface area contributed by atoms with Crippen LogP contribution in [0.25, 0.3) is 10.9 Å². The molecule has 0 aliphatic carbocycles. The van der Waals surface area contributed by atoms with Crippen LogP contribution in [0.5, 0.6) is 0 Å². The van der Waals surface area contributed by atoms with Crippen LogP contribution >= 0.6 is 0 Å². The molecule has 0 amide bonds. The molecule has 102 valence electrons. The molecule has 2 aromatic carbocycles. The first-order valence-corrected chi connectivity index (χ1v) is 6.85. The minimum Gasteiger partial charge on any atom is -0.381 e. The Labute approximate surface area is 123 Å². The molecule has 21 heavy (non-hydrogen) atoms. The minimum absolute atomic E-state index is 0.669. The largest absolute Gasteiger partial charge is 0.381 e. The van der Waals surface area contributed by atoms with Gasteiger partial charge < -0.3 is 5.32 Å². The van der Waals surface area contributed by atoms with Gasteiger partial charge in [-0.25, -0.2) is 0 Å². The second-order valence-electron chi connectivity index (χ2n) is 4.98. The van der Waals surface area contributed by atoms with E-state index < -0.39 is 0 Å². The number of fused-ring (bicyclic) bond motifs is 1. The number of para-hydroxylation sites is 1. The maximum atomic E-state index is 8.99. The average Bonchev–Trinajstić information content (AvgIpc) is 2.54. The van der Waals surface area contributed by atoms with Gasteiger partial charge in [0.2, 0.25) is 0 Å². The van der Waals surface area contributed by atoms with Crippen LogP contribution in [-0.4, -0.2) is 4.98 Å². The lowest BCUT2D eigenvalue weighted by Gasteiger charge is -2.11. The fraction of sp³-hybridized carbons (Fsp3) is 0.111. The van der Waals surface area contributed by atoms with Gasteiger partial charge >= 0.3 is 0 Å². The highest BCUT2D eigenvalue weighted by atomic mass is 14.9. The molecule has 3 aromatic rings. The molecule has 0 radical (unpaired) electrons. The van der Waals surface area contributed by atoms with Gasteiger partial charge in [-0.15, -0.1) is 0 Å². The number of hydrogen-bond donors (Lipinski definition) is 1. The number of aryl methyl sites for hydroxylation is 1. The number of nitrogens with zero attached hydrogens (tertiary/aromatic N) is 2. The van der Waals surface area contributed by atoms with Crippen molar-refractivity contribution in [2.75, 3.05) is 5.32 Å². The standard InChI is InChI=1S/C18H15N3/c1-13-6-7-14(11-19)10-18(13)21-12-15-8-9-20-17-5-3-2-4-16(15)17/h2-10,21H,12H2,1H3. The molecule has 0 spiro atoms. The van der Waals surface area contributed by atoms with Gasteiger partial charge in [0.25, 0.3) is 0 Å². The van der Waals surface area contributed by atoms with Crippen LogP contribution in [0.1, 0.15) is 16.7 Å². The van der Waals surface area contributed by atoms with Crippen LogP contribution < -0.4 is 5.32 Å². The van der Waals surface area contributed by atoms with Crippen molar-refractivity contribution in [3.8, 4) is 6.07 Å². The smallest absolute Gasteiger partial charge is 0.0992 e. The van der Waals surface area contributed by atoms with E-state index in [-0.39, 0.29) is 0 Å². The number of rotatable bonds is 3. The van der Waals surface area contributed by atoms with E-state index >= 15 is 0 Å². The van der Waals surface area contributed by atoms with E-state index in [1.807, 2.05) is 55.6 Å². The van der Waals surface area contributed by atoms with E-state index in [2.05, 4.69) is 22.4 Å². The Morgan fingerprint density at radius 1 is 1.14 bits per heavy atom. The molecule has 0 atom stereocenters. The molecular formula is C18H15N3. The van der Waals surface area contributed by atoms with E-state index in [4.69, 9.17) is 5.26 Å². The zero-order valence-corrected chi connectivity index (χ0v) is 11.8. The molecule has 1 heterocycles. The number of anilines is 1. The average molecular weight is 273 g/mol. The maximum Gasteiger partial charge on any atom is 0.0992 e. The van der Waals surface area contributed by atoms with Crippen molar-refractivity contribution in [2.45, 2.75) is 13.5 Å². The first-order valence-electron chi connectivity index (χ1n) is 6.85. The normalized spacial score (nSPS) is 10.3. The second kappa shape index (κ2) is 5.64. The summed E-state index contributed by atoms with van der Waals surface area (Å²) in [5, 5.41) is 13.6. The topological polar surface area (TPSA) is 48.7 Å². The lowest BCUT2D eigenvalue weighted by atomic mass is 10.1. The fourth-order valence-electron chi connectivity index (χ4n) is 2.38. The first kappa shape index (κ1) is 13.1. The molecule has 3 heteroatoms. The molecule has 1 N–H and O–H groups in total. The van der Waals surface area contributed by atoms with E-state index in [9.17, 15) is 0 Å². The monoisotopic (exact) mass is 273 g/mol. The highest BCUT2D eigenvalue weighted by Gasteiger charge is 2.03. The second-order valence-corrected chi connectivity index (χ2v) is 4.98. The Bertz CT molecular complexity index is 826. The molecule has 3 rings (SSSR count). The van der Waals surface area contributed by atoms with E-state index in [0.29, 0.717) is 12.1 Å². The molecular weight excluding hydrogens is 258 g/mol. The lowest BCUT2D eigenvalue weighted by Crippen LogP contribution is -2.02. The van der Waals surface area contributed by atoms with Crippen molar-refractivity contribution >= 4 is 16.6 Å². The van der Waals surface area contributed by atoms with E-state index in [0.717, 1.165) is 22.2 Å². The number of hydrogen-bond acceptors (Lipinski definition) is 3. The number of benzene rings is 2. The zero-order chi connectivity index (χ0) is 14.7. The summed E-state index contributed by atoms with van der Waals surface area (Å²) in [4.78, 5) is 4.37. The predicted molar refractivity (Wildman–Crippen MR) is 85.0 cm³/mol. The quantitative estimate of drug-likeness (QED) is 0.783. The molecule has 1 aromatic heterocycles. The molecule has 0 fully saturated rings. The predicted octanol–water partition coefficient (Wildman–Crippen LogP) is 4.03. The van der Waals surface area contributed by atoms with Gasteiger partial charge in [-0.1, -0.05) is 24.3 Å². The van der Waals surface area contributed by atoms with Crippen molar-refractivity contribution in [1.82, 2.24) is 4.98 Å². The molecule has 3 nitrogen and oxygen atoms in total. The Kier molecular flexibility index (Phi) is 3.53. The van der Waals surface area contributed by atoms with E-state index in [1.165, 1.54) is 5.56 Å². The van der Waals surface area contributed by atoms with Gasteiger partial charge in [0.05, 0.1) is 17.1 Å². The SMILES string of the molecule is Cc1ccc(C#N)cc1NCc1ccnc2ccccc12. The van der Waals surface area contributed by atoms with Crippen LogP contribution in [0, 0.1) is 18.3 Å². The molecule has 0 aliphatic rings. The summed E-state index contributed by atoms with van der Waals surface area (Å²) in [7, 11) is 0. The summed E-state index contributed by atoms with van der Waals surface area (Å²) < 4.78 is 0. The third kappa shape index (κ3) is 2.70. The van der Waals surface area contributed by atoms with Gasteiger partial charge in [-0.2, -0.15) is 5.26 Å². The number of nitriles is 1. The molecule has 0 unspecified atom stereocenters. The molecule has 0 saturated heterocycles. The zero-order valence-electron chi connectivity index (χ0n) is 11.8. The van der Waals surface area contributed by atoms with Gasteiger partial charge in [0.1, 0.15) is 0 Å². The highest BCUT2D eigenvalue weighted by molar-refractivity contribution is 5.82. The molecule has 0 saturated carbocycles. The summed E-state index contributed by atoms with van der Waals surface area (Å²) in [6.45, 7) is 2.74. The van der Waals surface area contributed by atoms with Gasteiger partial charge in [0, 0.05) is 23.8 Å². The van der Waals surface area contributed by atoms with Crippen LogP contribution in [-0.2, 0) is 6.54 Å². The molecule has 0 aliphatic heterocycles. The molecule has 0 bridgehead atoms. The van der Waals surface area contributed by atoms with Gasteiger partial charge in [-0.05, 0) is 42.3 Å². The fourth-order valence-corrected chi connectivity index (χ4v) is 2.38. The summed E-state index contributed by atoms with van der Waals surface area (Å²) in [5.74, 6) is 0. The third-order valence-corrected chi connectivity index (χ3v) is 3.58. The number of nitrogens with one attached hydrogen (secondary N) is 1. The summed E-state index contributed by atoms with van der Waals surface area (Å²) >= 11 is 0. The highest BCUT2D eigenvalue weighted by Crippen LogP contribution is 2.20. The van der Waals surface area contributed by atoms with Crippen LogP contribution in [0.4, 0.5) is 5.69 Å². The summed E-state index contributed by atoms with van der Waals surface area (Å²) in [5.41, 5.74) is 4.99. The van der Waals surface area contributed by atoms with Crippen molar-refractivity contribution in [1.29, 1.82) is 5.26 Å². The van der Waals surface area contributed by atoms with Crippen molar-refractivity contribution in [3.05, 3.63) is 71.4 Å². The maximum absolute atomic E-state index is 8.99. The van der Waals surface area contributed by atoms with E-state index in [1.54, 1.807) is 0 Å². The minimum atomic E-state index is 0.669. The number of aromatic nitrogens is 1. The Morgan fingerprint density at radius 2 is 2.00 bits per heavy atom. The summed E-state index contributed by atoms with van der Waals surface area (Å²) in [6.07, 6.45) is 1.83. The number of pyridine rings is 1. The Balaban J connectivity index is 1.89. The summed E-state index contributed by atoms with van der Waals surface area (Å²) in [6, 6.07) is 18.0. The van der Waals surface area contributed by atoms with Gasteiger partial charge in [0.15, 0.2) is 0 Å². The van der Waals surface area contributed by atoms with Crippen LogP contribution in [0.3, 0.4) is 0 Å². The third-order valence-electron chi connectivity index (χ3n) is 3.58. The van der Waals surface area contributed by atoms with Crippen molar-refractivity contribution in [3.63, 3.8) is 0 Å². The Hall–Kier alpha value is -2.86. The van der Waals surface area contributed by atoms with Crippen molar-refractivity contribution in [2.24, 2.45) is 0 Å². The lowest BCUT2D eigenvalue weighted by molar-refractivity contribution is 1.15. The van der Waals surface area contributed by atoms with Gasteiger partial charge in [-0.3, -0.25) is 4.98 Å².